The quantitative estimate of drug-likeness (QED) is 0.127. The second kappa shape index (κ2) is 11.5. The Morgan fingerprint density at radius 1 is 1.14 bits per heavy atom. The van der Waals surface area contributed by atoms with E-state index in [2.05, 4.69) is 26.1 Å². The fourth-order valence-electron chi connectivity index (χ4n) is 3.57. The van der Waals surface area contributed by atoms with Crippen molar-refractivity contribution < 1.29 is 18.8 Å². The van der Waals surface area contributed by atoms with Gasteiger partial charge in [-0.05, 0) is 70.4 Å². The van der Waals surface area contributed by atoms with Crippen LogP contribution in [0.4, 0.5) is 4.39 Å². The molecule has 36 heavy (non-hydrogen) atoms. The molecule has 0 saturated carbocycles. The van der Waals surface area contributed by atoms with Crippen LogP contribution in [0.3, 0.4) is 0 Å². The first-order chi connectivity index (χ1) is 17.4. The fraction of sp³-hybridized carbons (Fsp3) is 0.200. The van der Waals surface area contributed by atoms with Crippen molar-refractivity contribution >= 4 is 27.7 Å². The molecule has 4 aromatic rings. The molecule has 1 heterocycles. The van der Waals surface area contributed by atoms with Crippen molar-refractivity contribution in [2.24, 2.45) is 0 Å². The smallest absolute Gasteiger partial charge is 0.220 e. The normalized spacial score (nSPS) is 11.8. The number of rotatable bonds is 10. The van der Waals surface area contributed by atoms with E-state index >= 15 is 0 Å². The highest BCUT2D eigenvalue weighted by Gasteiger charge is 2.26. The van der Waals surface area contributed by atoms with E-state index in [1.165, 1.54) is 31.0 Å². The number of aromatic nitrogens is 3. The minimum absolute atomic E-state index is 0.196. The summed E-state index contributed by atoms with van der Waals surface area (Å²) in [5.41, 5.74) is 2.31. The number of methoxy groups -OCH3 is 1. The van der Waals surface area contributed by atoms with Gasteiger partial charge < -0.3 is 9.47 Å². The number of thioether (sulfide) groups is 1. The van der Waals surface area contributed by atoms with E-state index in [1.807, 2.05) is 41.8 Å². The van der Waals surface area contributed by atoms with Gasteiger partial charge in [-0.25, -0.2) is 4.39 Å². The number of benzene rings is 3. The van der Waals surface area contributed by atoms with E-state index in [0.29, 0.717) is 32.5 Å². The lowest BCUT2D eigenvalue weighted by atomic mass is 10.1. The zero-order valence-corrected chi connectivity index (χ0v) is 21.8. The van der Waals surface area contributed by atoms with Crippen LogP contribution in [-0.2, 0) is 6.61 Å². The van der Waals surface area contributed by atoms with Gasteiger partial charge in [-0.3, -0.25) is 14.7 Å². The van der Waals surface area contributed by atoms with Crippen LogP contribution in [0.2, 0.25) is 0 Å². The number of nitrogens with zero attached hydrogens (tertiary/aromatic N) is 4. The average Bonchev–Trinajstić information content (AvgIpc) is 3.23. The third kappa shape index (κ3) is 6.03. The Balaban J connectivity index is 1.64. The van der Waals surface area contributed by atoms with Crippen molar-refractivity contribution in [3.8, 4) is 17.2 Å². The summed E-state index contributed by atoms with van der Waals surface area (Å²) in [5.74, 6) is 1.20. The zero-order chi connectivity index (χ0) is 25.7. The molecule has 0 aliphatic heterocycles. The molecule has 0 saturated heterocycles. The first kappa shape index (κ1) is 25.6. The molecule has 0 amide bonds. The molecule has 0 spiro atoms. The molecular weight excluding hydrogens is 551 g/mol. The summed E-state index contributed by atoms with van der Waals surface area (Å²) in [6.07, 6.45) is 0. The van der Waals surface area contributed by atoms with Gasteiger partial charge in [0.25, 0.3) is 0 Å². The highest BCUT2D eigenvalue weighted by Crippen LogP contribution is 2.43. The van der Waals surface area contributed by atoms with Crippen LogP contribution >= 0.6 is 27.7 Å². The first-order valence-corrected chi connectivity index (χ1v) is 12.5. The van der Waals surface area contributed by atoms with Crippen LogP contribution in [0.1, 0.15) is 22.2 Å². The Hall–Kier alpha value is -3.44. The maximum absolute atomic E-state index is 13.2. The van der Waals surface area contributed by atoms with Crippen LogP contribution in [0.15, 0.2) is 76.4 Å². The maximum atomic E-state index is 13.2. The maximum Gasteiger partial charge on any atom is 0.220 e. The number of ether oxygens (including phenoxy) is 2. The van der Waals surface area contributed by atoms with E-state index in [-0.39, 0.29) is 23.9 Å². The Bertz CT molecular complexity index is 1350. The third-order valence-electron chi connectivity index (χ3n) is 5.29. The molecule has 0 fully saturated rings. The molecule has 11 heteroatoms. The van der Waals surface area contributed by atoms with Gasteiger partial charge >= 0.3 is 0 Å². The Morgan fingerprint density at radius 2 is 1.86 bits per heavy atom. The van der Waals surface area contributed by atoms with Gasteiger partial charge in [0.2, 0.25) is 6.54 Å². The predicted octanol–water partition coefficient (Wildman–Crippen LogP) is 6.18. The highest BCUT2D eigenvalue weighted by atomic mass is 79.9. The van der Waals surface area contributed by atoms with Crippen molar-refractivity contribution in [1.82, 2.24) is 14.8 Å². The van der Waals surface area contributed by atoms with Crippen molar-refractivity contribution in [3.63, 3.8) is 0 Å². The third-order valence-corrected chi connectivity index (χ3v) is 7.06. The SMILES string of the molecule is COc1cc([C@H](C[N+](=O)[O-])Sc2nnc(C)n2-c2ccccc2)cc(Br)c1OCc1ccc(F)cc1. The highest BCUT2D eigenvalue weighted by molar-refractivity contribution is 9.10. The van der Waals surface area contributed by atoms with E-state index in [0.717, 1.165) is 11.3 Å². The molecule has 0 radical (unpaired) electrons. The first-order valence-electron chi connectivity index (χ1n) is 10.9. The molecule has 1 aromatic heterocycles. The molecule has 8 nitrogen and oxygen atoms in total. The predicted molar refractivity (Wildman–Crippen MR) is 138 cm³/mol. The summed E-state index contributed by atoms with van der Waals surface area (Å²) < 4.78 is 27.1. The molecule has 1 atom stereocenters. The molecule has 3 aromatic carbocycles. The van der Waals surface area contributed by atoms with E-state index in [1.54, 1.807) is 24.3 Å². The lowest BCUT2D eigenvalue weighted by molar-refractivity contribution is -0.479. The fourth-order valence-corrected chi connectivity index (χ4v) is 5.30. The van der Waals surface area contributed by atoms with Crippen molar-refractivity contribution in [3.05, 3.63) is 104 Å². The molecular formula is C25H22BrFN4O4S. The average molecular weight is 573 g/mol. The monoisotopic (exact) mass is 572 g/mol. The molecule has 186 valence electrons. The summed E-state index contributed by atoms with van der Waals surface area (Å²) >= 11 is 4.77. The van der Waals surface area contributed by atoms with Crippen molar-refractivity contribution in [2.45, 2.75) is 23.9 Å². The van der Waals surface area contributed by atoms with Crippen LogP contribution < -0.4 is 9.47 Å². The number of nitro groups is 1. The summed E-state index contributed by atoms with van der Waals surface area (Å²) in [4.78, 5) is 11.2. The number of aryl methyl sites for hydroxylation is 1. The van der Waals surface area contributed by atoms with Crippen molar-refractivity contribution in [2.75, 3.05) is 13.7 Å². The van der Waals surface area contributed by atoms with Gasteiger partial charge in [-0.15, -0.1) is 10.2 Å². The second-order valence-electron chi connectivity index (χ2n) is 7.77. The lowest BCUT2D eigenvalue weighted by Crippen LogP contribution is -2.12. The number of hydrogen-bond acceptors (Lipinski definition) is 7. The van der Waals surface area contributed by atoms with Crippen LogP contribution in [0, 0.1) is 22.9 Å². The molecule has 0 bridgehead atoms. The molecule has 0 aliphatic carbocycles. The van der Waals surface area contributed by atoms with E-state index in [9.17, 15) is 14.5 Å². The van der Waals surface area contributed by atoms with Gasteiger partial charge in [-0.2, -0.15) is 0 Å². The number of hydrogen-bond donors (Lipinski definition) is 0. The van der Waals surface area contributed by atoms with Gasteiger partial charge in [0.1, 0.15) is 23.5 Å². The lowest BCUT2D eigenvalue weighted by Gasteiger charge is -2.18. The van der Waals surface area contributed by atoms with E-state index < -0.39 is 5.25 Å². The van der Waals surface area contributed by atoms with Gasteiger partial charge in [0, 0.05) is 10.6 Å². The minimum atomic E-state index is -0.581. The van der Waals surface area contributed by atoms with Crippen molar-refractivity contribution in [1.29, 1.82) is 0 Å². The van der Waals surface area contributed by atoms with E-state index in [4.69, 9.17) is 9.47 Å². The summed E-state index contributed by atoms with van der Waals surface area (Å²) in [6, 6.07) is 19.1. The summed E-state index contributed by atoms with van der Waals surface area (Å²) in [5, 5.41) is 20.0. The van der Waals surface area contributed by atoms with Crippen LogP contribution in [0.5, 0.6) is 11.5 Å². The standard InChI is InChI=1S/C25H22BrFN4O4S/c1-16-28-29-25(31(16)20-6-4-3-5-7-20)36-23(14-30(32)33)18-12-21(26)24(22(13-18)34-2)35-15-17-8-10-19(27)11-9-17/h3-13,23H,14-15H2,1-2H3/t23-/m0/s1. The van der Waals surface area contributed by atoms with Crippen LogP contribution in [-0.4, -0.2) is 33.3 Å². The van der Waals surface area contributed by atoms with Gasteiger partial charge in [-0.1, -0.05) is 42.1 Å². The topological polar surface area (TPSA) is 92.3 Å². The molecule has 0 unspecified atom stereocenters. The number of para-hydroxylation sites is 1. The molecule has 0 aliphatic rings. The Kier molecular flexibility index (Phi) is 8.21. The second-order valence-corrected chi connectivity index (χ2v) is 9.80. The zero-order valence-electron chi connectivity index (χ0n) is 19.4. The Labute approximate surface area is 219 Å². The summed E-state index contributed by atoms with van der Waals surface area (Å²) in [7, 11) is 1.50. The van der Waals surface area contributed by atoms with Gasteiger partial charge in [0.15, 0.2) is 16.7 Å². The molecule has 0 N–H and O–H groups in total. The minimum Gasteiger partial charge on any atom is -0.493 e. The molecule has 4 rings (SSSR count). The Morgan fingerprint density at radius 3 is 2.53 bits per heavy atom. The largest absolute Gasteiger partial charge is 0.493 e. The number of halogens is 2. The van der Waals surface area contributed by atoms with Gasteiger partial charge in [0.05, 0.1) is 11.6 Å². The summed E-state index contributed by atoms with van der Waals surface area (Å²) in [6.45, 7) is 1.69. The van der Waals surface area contributed by atoms with Crippen LogP contribution in [0.25, 0.3) is 5.69 Å².